The van der Waals surface area contributed by atoms with Crippen LogP contribution in [0.15, 0.2) is 30.0 Å². The fraction of sp³-hybridized carbons (Fsp3) is 0.571. The van der Waals surface area contributed by atoms with Crippen LogP contribution in [0.2, 0.25) is 0 Å². The summed E-state index contributed by atoms with van der Waals surface area (Å²) in [4.78, 5) is 44.1. The van der Waals surface area contributed by atoms with Gasteiger partial charge in [-0.25, -0.2) is 4.58 Å². The molecule has 0 radical (unpaired) electrons. The number of nitrogens with one attached hydrogen (secondary N) is 2. The summed E-state index contributed by atoms with van der Waals surface area (Å²) >= 11 is 0. The Morgan fingerprint density at radius 1 is 0.840 bits per heavy atom. The molecule has 0 fully saturated rings. The van der Waals surface area contributed by atoms with Crippen molar-refractivity contribution >= 4 is 45.8 Å². The summed E-state index contributed by atoms with van der Waals surface area (Å²) in [6.07, 6.45) is 3.13. The van der Waals surface area contributed by atoms with Gasteiger partial charge in [0.2, 0.25) is 23.0 Å². The van der Waals surface area contributed by atoms with Gasteiger partial charge in [0.05, 0.1) is 27.9 Å². The number of anilines is 3. The van der Waals surface area contributed by atoms with E-state index in [1.54, 1.807) is 0 Å². The first kappa shape index (κ1) is 37.3. The molecule has 3 N–H and O–H groups in total. The summed E-state index contributed by atoms with van der Waals surface area (Å²) in [5.41, 5.74) is 3.24. The van der Waals surface area contributed by atoms with Crippen molar-refractivity contribution in [2.45, 2.75) is 132 Å². The Morgan fingerprint density at radius 3 is 1.90 bits per heavy atom. The molecule has 2 aromatic rings. The van der Waals surface area contributed by atoms with Gasteiger partial charge in [-0.1, -0.05) is 68.2 Å². The molecule has 2 amide bonds. The number of hydrogen-bond acceptors (Lipinski definition) is 5. The Labute approximate surface area is 298 Å². The number of allylic oxidation sites excluding steroid dienone is 2. The minimum atomic E-state index is -0.624. The van der Waals surface area contributed by atoms with E-state index in [1.807, 2.05) is 66.1 Å². The van der Waals surface area contributed by atoms with Crippen LogP contribution in [0.5, 0.6) is 0 Å². The Morgan fingerprint density at radius 2 is 1.38 bits per heavy atom. The van der Waals surface area contributed by atoms with Crippen molar-refractivity contribution in [3.8, 4) is 0 Å². The third kappa shape index (κ3) is 5.67. The second-order valence-electron chi connectivity index (χ2n) is 17.5. The number of amides is 2. The second kappa shape index (κ2) is 12.4. The average Bonchev–Trinajstić information content (AvgIpc) is 3.30. The first-order valence-corrected chi connectivity index (χ1v) is 18.4. The van der Waals surface area contributed by atoms with E-state index in [0.29, 0.717) is 35.0 Å². The zero-order valence-corrected chi connectivity index (χ0v) is 32.9. The largest absolute Gasteiger partial charge is 0.506 e. The van der Waals surface area contributed by atoms with E-state index in [2.05, 4.69) is 75.5 Å². The van der Waals surface area contributed by atoms with Gasteiger partial charge in [-0.2, -0.15) is 0 Å². The number of benzene rings is 2. The van der Waals surface area contributed by atoms with Gasteiger partial charge in [0.25, 0.3) is 0 Å². The predicted molar refractivity (Wildman–Crippen MR) is 205 cm³/mol. The molecule has 2 aromatic carbocycles. The number of rotatable bonds is 9. The van der Waals surface area contributed by atoms with Crippen LogP contribution < -0.4 is 30.7 Å². The first-order chi connectivity index (χ1) is 23.0. The lowest BCUT2D eigenvalue weighted by Crippen LogP contribution is -2.37. The molecule has 0 spiro atoms. The van der Waals surface area contributed by atoms with Gasteiger partial charge in [-0.15, -0.1) is 0 Å². The van der Waals surface area contributed by atoms with Gasteiger partial charge < -0.3 is 20.6 Å². The van der Waals surface area contributed by atoms with Crippen LogP contribution >= 0.6 is 0 Å². The van der Waals surface area contributed by atoms with Crippen molar-refractivity contribution in [1.82, 2.24) is 4.58 Å². The normalized spacial score (nSPS) is 22.0. The quantitative estimate of drug-likeness (QED) is 0.252. The molecule has 1 aliphatic carbocycles. The third-order valence-corrected chi connectivity index (χ3v) is 12.6. The number of carbonyl (C=O) groups excluding carboxylic acids is 3. The molecule has 270 valence electrons. The zero-order chi connectivity index (χ0) is 37.5. The van der Waals surface area contributed by atoms with Crippen LogP contribution in [0.1, 0.15) is 125 Å². The standard InChI is InChI=1S/C42H58N4O4/c1-15-17-39(5,6)37(49)43-29-21-31-27(41(9,10)23(3)45(31)13)19-25(29)33-35(47)34(36(33)48)26-20-28-32(46(14)24(4)42(28,11)12)22-30(26)44-38(50)40(7,8)18-16-2/h19-24H,15-18H2,1-14H3,(H2,43,44,47,48,49,50)/p+1. The molecular weight excluding hydrogens is 624 g/mol. The summed E-state index contributed by atoms with van der Waals surface area (Å²) in [6, 6.07) is 8.23. The Kier molecular flexibility index (Phi) is 9.24. The summed E-state index contributed by atoms with van der Waals surface area (Å²) < 4.78 is 2.21. The molecule has 8 heteroatoms. The minimum Gasteiger partial charge on any atom is -0.506 e. The lowest BCUT2D eigenvalue weighted by molar-refractivity contribution is -0.125. The number of fused-ring (bicyclic) bond motifs is 2. The molecule has 0 bridgehead atoms. The van der Waals surface area contributed by atoms with E-state index < -0.39 is 10.8 Å². The summed E-state index contributed by atoms with van der Waals surface area (Å²) in [6.45, 7) is 24.9. The van der Waals surface area contributed by atoms with Crippen LogP contribution in [-0.2, 0) is 25.2 Å². The van der Waals surface area contributed by atoms with Gasteiger partial charge in [0.15, 0.2) is 6.04 Å². The lowest BCUT2D eigenvalue weighted by atomic mass is 9.76. The van der Waals surface area contributed by atoms with Crippen LogP contribution in [0.25, 0.3) is 11.1 Å². The number of ketones is 1. The number of carbonyl (C=O) groups is 3. The van der Waals surface area contributed by atoms with Crippen LogP contribution in [0.3, 0.4) is 0 Å². The van der Waals surface area contributed by atoms with Crippen molar-refractivity contribution in [3.05, 3.63) is 57.3 Å². The zero-order valence-electron chi connectivity index (χ0n) is 32.9. The van der Waals surface area contributed by atoms with Crippen LogP contribution in [-0.4, -0.2) is 48.9 Å². The van der Waals surface area contributed by atoms with Crippen molar-refractivity contribution in [3.63, 3.8) is 0 Å². The Hall–Kier alpha value is -3.94. The molecule has 0 saturated heterocycles. The number of aliphatic hydroxyl groups is 1. The van der Waals surface area contributed by atoms with Gasteiger partial charge in [0, 0.05) is 57.4 Å². The van der Waals surface area contributed by atoms with Crippen molar-refractivity contribution in [2.75, 3.05) is 29.6 Å². The van der Waals surface area contributed by atoms with Crippen LogP contribution in [0.4, 0.5) is 17.1 Å². The van der Waals surface area contributed by atoms with E-state index in [1.165, 1.54) is 0 Å². The summed E-state index contributed by atoms with van der Waals surface area (Å²) in [5, 5.41) is 19.8. The van der Waals surface area contributed by atoms with Gasteiger partial charge in [-0.3, -0.25) is 14.4 Å². The molecule has 2 aliphatic heterocycles. The average molecular weight is 684 g/mol. The lowest BCUT2D eigenvalue weighted by Gasteiger charge is -2.29. The molecule has 2 atom stereocenters. The van der Waals surface area contributed by atoms with Crippen molar-refractivity contribution in [2.24, 2.45) is 10.8 Å². The highest BCUT2D eigenvalue weighted by molar-refractivity contribution is 6.52. The fourth-order valence-corrected chi connectivity index (χ4v) is 8.21. The molecular formula is C42H59N4O4+. The molecule has 50 heavy (non-hydrogen) atoms. The number of aliphatic hydroxyl groups excluding tert-OH is 1. The maximum atomic E-state index is 14.5. The first-order valence-electron chi connectivity index (χ1n) is 18.4. The minimum absolute atomic E-state index is 0.129. The number of nitrogens with zero attached hydrogens (tertiary/aromatic N) is 2. The van der Waals surface area contributed by atoms with Gasteiger partial charge in [-0.05, 0) is 64.3 Å². The van der Waals surface area contributed by atoms with Gasteiger partial charge >= 0.3 is 0 Å². The third-order valence-electron chi connectivity index (χ3n) is 12.6. The summed E-state index contributed by atoms with van der Waals surface area (Å²) in [5.74, 6) is -0.717. The number of likely N-dealkylation sites (N-methyl/N-ethyl adjacent to an activating group) is 2. The molecule has 0 aromatic heterocycles. The number of Topliss-reactive ketones (excluding diaryl/α,β-unsaturated/α-hetero) is 1. The predicted octanol–water partition coefficient (Wildman–Crippen LogP) is 6.84. The van der Waals surface area contributed by atoms with E-state index in [-0.39, 0.29) is 57.4 Å². The van der Waals surface area contributed by atoms with Crippen LogP contribution in [0, 0.1) is 10.8 Å². The maximum Gasteiger partial charge on any atom is 0.230 e. The van der Waals surface area contributed by atoms with E-state index in [4.69, 9.17) is 0 Å². The second-order valence-corrected chi connectivity index (χ2v) is 17.5. The highest BCUT2D eigenvalue weighted by Gasteiger charge is 2.46. The topological polar surface area (TPSA) is 102 Å². The van der Waals surface area contributed by atoms with Gasteiger partial charge in [0.1, 0.15) is 12.8 Å². The van der Waals surface area contributed by atoms with Crippen molar-refractivity contribution < 1.29 is 19.5 Å². The molecule has 0 saturated carbocycles. The molecule has 8 nitrogen and oxygen atoms in total. The maximum absolute atomic E-state index is 14.5. The van der Waals surface area contributed by atoms with E-state index in [9.17, 15) is 19.5 Å². The number of hydrogen-bond donors (Lipinski definition) is 3. The highest BCUT2D eigenvalue weighted by Crippen LogP contribution is 2.50. The SMILES string of the molecule is CCCC(C)(C)C(=O)Nc1cc2c(cc1C1=C(O)/C(=c3/cc4c(cc3NC(=O)C(C)(C)CCC)=[N+](C)C(C)C4(C)C)C1=O)C(C)(C)C(C)N2C. The highest BCUT2D eigenvalue weighted by atomic mass is 16.3. The smallest absolute Gasteiger partial charge is 0.230 e. The van der Waals surface area contributed by atoms with E-state index >= 15 is 0 Å². The van der Waals surface area contributed by atoms with Crippen molar-refractivity contribution in [1.29, 1.82) is 0 Å². The Bertz CT molecular complexity index is 1960. The Balaban J connectivity index is 1.77. The molecule has 3 aliphatic rings. The molecule has 2 unspecified atom stereocenters. The fourth-order valence-electron chi connectivity index (χ4n) is 8.21. The molecule has 5 rings (SSSR count). The molecule has 2 heterocycles. The van der Waals surface area contributed by atoms with E-state index in [0.717, 1.165) is 35.0 Å². The summed E-state index contributed by atoms with van der Waals surface area (Å²) in [7, 11) is 4.10. The monoisotopic (exact) mass is 683 g/mol.